The van der Waals surface area contributed by atoms with Gasteiger partial charge in [0.15, 0.2) is 0 Å². The van der Waals surface area contributed by atoms with Crippen molar-refractivity contribution in [3.05, 3.63) is 34.4 Å². The smallest absolute Gasteiger partial charge is 0.375 e. The summed E-state index contributed by atoms with van der Waals surface area (Å²) in [6.45, 7) is 6.06. The van der Waals surface area contributed by atoms with Crippen LogP contribution in [0.1, 0.15) is 22.3 Å². The number of alkyl carbamates (subject to hydrolysis) is 1. The van der Waals surface area contributed by atoms with Crippen LogP contribution >= 0.6 is 0 Å². The second-order valence-corrected chi connectivity index (χ2v) is 4.49. The van der Waals surface area contributed by atoms with E-state index in [1.165, 1.54) is 5.56 Å². The van der Waals surface area contributed by atoms with Gasteiger partial charge in [-0.2, -0.15) is 0 Å². The monoisotopic (exact) mass is 233 g/mol. The third kappa shape index (κ3) is 2.30. The Balaban J connectivity index is 2.25. The SMILES string of the molecule is Cc1cc(C)c(CC2NC(=O)OC2=O)c(C)c1. The molecule has 1 aliphatic heterocycles. The van der Waals surface area contributed by atoms with Crippen molar-refractivity contribution in [3.63, 3.8) is 0 Å². The third-order valence-electron chi connectivity index (χ3n) is 3.02. The maximum atomic E-state index is 11.4. The lowest BCUT2D eigenvalue weighted by Gasteiger charge is -2.13. The number of rotatable bonds is 2. The summed E-state index contributed by atoms with van der Waals surface area (Å²) in [5.41, 5.74) is 4.56. The average Bonchev–Trinajstić information content (AvgIpc) is 2.51. The van der Waals surface area contributed by atoms with Crippen molar-refractivity contribution < 1.29 is 14.3 Å². The van der Waals surface area contributed by atoms with Gasteiger partial charge in [-0.15, -0.1) is 0 Å². The summed E-state index contributed by atoms with van der Waals surface area (Å²) >= 11 is 0. The molecule has 0 spiro atoms. The molecular formula is C13H15NO3. The third-order valence-corrected chi connectivity index (χ3v) is 3.02. The number of carbonyl (C=O) groups is 2. The first-order valence-electron chi connectivity index (χ1n) is 5.56. The number of ether oxygens (including phenoxy) is 1. The van der Waals surface area contributed by atoms with Gasteiger partial charge in [0.05, 0.1) is 0 Å². The molecule has 1 N–H and O–H groups in total. The summed E-state index contributed by atoms with van der Waals surface area (Å²) in [4.78, 5) is 22.3. The van der Waals surface area contributed by atoms with E-state index >= 15 is 0 Å². The van der Waals surface area contributed by atoms with Gasteiger partial charge in [-0.3, -0.25) is 0 Å². The molecule has 1 unspecified atom stereocenters. The van der Waals surface area contributed by atoms with Gasteiger partial charge in [-0.05, 0) is 37.5 Å². The maximum Gasteiger partial charge on any atom is 0.415 e. The summed E-state index contributed by atoms with van der Waals surface area (Å²) in [6.07, 6.45) is -0.162. The molecule has 1 aromatic rings. The normalized spacial score (nSPS) is 19.1. The van der Waals surface area contributed by atoms with E-state index in [1.807, 2.05) is 20.8 Å². The zero-order chi connectivity index (χ0) is 12.6. The van der Waals surface area contributed by atoms with Gasteiger partial charge in [0.25, 0.3) is 0 Å². The van der Waals surface area contributed by atoms with E-state index in [2.05, 4.69) is 22.2 Å². The first-order valence-corrected chi connectivity index (χ1v) is 5.56. The molecule has 4 heteroatoms. The maximum absolute atomic E-state index is 11.4. The summed E-state index contributed by atoms with van der Waals surface area (Å²) in [7, 11) is 0. The fourth-order valence-corrected chi connectivity index (χ4v) is 2.26. The second kappa shape index (κ2) is 4.20. The number of benzene rings is 1. The fourth-order valence-electron chi connectivity index (χ4n) is 2.26. The Bertz CT molecular complexity index is 470. The average molecular weight is 233 g/mol. The van der Waals surface area contributed by atoms with Gasteiger partial charge in [0, 0.05) is 6.42 Å². The number of hydrogen-bond donors (Lipinski definition) is 1. The molecule has 1 atom stereocenters. The molecule has 1 heterocycles. The molecule has 1 saturated heterocycles. The first kappa shape index (κ1) is 11.6. The van der Waals surface area contributed by atoms with Crippen molar-refractivity contribution in [2.45, 2.75) is 33.2 Å². The second-order valence-electron chi connectivity index (χ2n) is 4.49. The van der Waals surface area contributed by atoms with Gasteiger partial charge in [0.2, 0.25) is 0 Å². The van der Waals surface area contributed by atoms with Crippen LogP contribution in [0.2, 0.25) is 0 Å². The van der Waals surface area contributed by atoms with Crippen LogP contribution in [-0.2, 0) is 16.0 Å². The van der Waals surface area contributed by atoms with Crippen LogP contribution < -0.4 is 5.32 Å². The molecule has 1 amide bonds. The van der Waals surface area contributed by atoms with Crippen molar-refractivity contribution in [1.29, 1.82) is 0 Å². The van der Waals surface area contributed by atoms with Crippen molar-refractivity contribution >= 4 is 12.1 Å². The van der Waals surface area contributed by atoms with Gasteiger partial charge < -0.3 is 10.1 Å². The van der Waals surface area contributed by atoms with Gasteiger partial charge in [-0.1, -0.05) is 17.7 Å². The van der Waals surface area contributed by atoms with E-state index in [4.69, 9.17) is 0 Å². The number of hydrogen-bond acceptors (Lipinski definition) is 3. The molecule has 17 heavy (non-hydrogen) atoms. The fraction of sp³-hybridized carbons (Fsp3) is 0.385. The lowest BCUT2D eigenvalue weighted by Crippen LogP contribution is -2.31. The number of cyclic esters (lactones) is 2. The summed E-state index contributed by atoms with van der Waals surface area (Å²) in [5, 5.41) is 2.51. The molecule has 0 radical (unpaired) electrons. The van der Waals surface area contributed by atoms with Crippen LogP contribution in [0.5, 0.6) is 0 Å². The Morgan fingerprint density at radius 3 is 2.24 bits per heavy atom. The van der Waals surface area contributed by atoms with Gasteiger partial charge in [0.1, 0.15) is 6.04 Å². The van der Waals surface area contributed by atoms with E-state index in [0.717, 1.165) is 16.7 Å². The van der Waals surface area contributed by atoms with Gasteiger partial charge >= 0.3 is 12.1 Å². The number of esters is 1. The lowest BCUT2D eigenvalue weighted by molar-refractivity contribution is -0.135. The summed E-state index contributed by atoms with van der Waals surface area (Å²) in [6, 6.07) is 3.59. The Morgan fingerprint density at radius 1 is 1.18 bits per heavy atom. The molecular weight excluding hydrogens is 218 g/mol. The van der Waals surface area contributed by atoms with E-state index < -0.39 is 18.1 Å². The molecule has 0 aliphatic carbocycles. The van der Waals surface area contributed by atoms with Crippen molar-refractivity contribution in [1.82, 2.24) is 5.32 Å². The molecule has 0 aromatic heterocycles. The largest absolute Gasteiger partial charge is 0.415 e. The van der Waals surface area contributed by atoms with Crippen molar-refractivity contribution in [2.75, 3.05) is 0 Å². The minimum Gasteiger partial charge on any atom is -0.375 e. The van der Waals surface area contributed by atoms with E-state index in [1.54, 1.807) is 0 Å². The molecule has 90 valence electrons. The minimum atomic E-state index is -0.651. The summed E-state index contributed by atoms with van der Waals surface area (Å²) in [5.74, 6) is -0.491. The molecule has 1 aliphatic rings. The Labute approximate surface area is 100.0 Å². The van der Waals surface area contributed by atoms with Crippen LogP contribution in [-0.4, -0.2) is 18.1 Å². The number of aryl methyl sites for hydroxylation is 3. The molecule has 1 aromatic carbocycles. The molecule has 1 fully saturated rings. The highest BCUT2D eigenvalue weighted by Gasteiger charge is 2.32. The van der Waals surface area contributed by atoms with Crippen LogP contribution in [0.25, 0.3) is 0 Å². The van der Waals surface area contributed by atoms with E-state index in [0.29, 0.717) is 6.42 Å². The Hall–Kier alpha value is -1.84. The number of nitrogens with one attached hydrogen (secondary N) is 1. The van der Waals surface area contributed by atoms with Crippen LogP contribution in [0.4, 0.5) is 4.79 Å². The van der Waals surface area contributed by atoms with E-state index in [9.17, 15) is 9.59 Å². The molecule has 2 rings (SSSR count). The molecule has 0 saturated carbocycles. The highest BCUT2D eigenvalue weighted by atomic mass is 16.6. The molecule has 0 bridgehead atoms. The van der Waals surface area contributed by atoms with Crippen LogP contribution in [0.3, 0.4) is 0 Å². The first-order chi connectivity index (χ1) is 7.97. The zero-order valence-electron chi connectivity index (χ0n) is 10.2. The van der Waals surface area contributed by atoms with Crippen LogP contribution in [0, 0.1) is 20.8 Å². The minimum absolute atomic E-state index is 0.489. The Kier molecular flexibility index (Phi) is 2.88. The highest BCUT2D eigenvalue weighted by Crippen LogP contribution is 2.19. The highest BCUT2D eigenvalue weighted by molar-refractivity contribution is 5.95. The lowest BCUT2D eigenvalue weighted by atomic mass is 9.94. The predicted molar refractivity (Wildman–Crippen MR) is 62.8 cm³/mol. The quantitative estimate of drug-likeness (QED) is 0.626. The van der Waals surface area contributed by atoms with Gasteiger partial charge in [-0.25, -0.2) is 9.59 Å². The predicted octanol–water partition coefficient (Wildman–Crippen LogP) is 1.79. The topological polar surface area (TPSA) is 55.4 Å². The standard InChI is InChI=1S/C13H15NO3/c1-7-4-8(2)10(9(3)5-7)6-11-12(15)17-13(16)14-11/h4-5,11H,6H2,1-3H3,(H,14,16). The Morgan fingerprint density at radius 2 is 1.76 bits per heavy atom. The molecule has 4 nitrogen and oxygen atoms in total. The van der Waals surface area contributed by atoms with Crippen molar-refractivity contribution in [2.24, 2.45) is 0 Å². The van der Waals surface area contributed by atoms with Crippen LogP contribution in [0.15, 0.2) is 12.1 Å². The number of amides is 1. The number of carbonyl (C=O) groups excluding carboxylic acids is 2. The summed E-state index contributed by atoms with van der Waals surface area (Å²) < 4.78 is 4.46. The zero-order valence-corrected chi connectivity index (χ0v) is 10.2. The van der Waals surface area contributed by atoms with Crippen molar-refractivity contribution in [3.8, 4) is 0 Å². The van der Waals surface area contributed by atoms with E-state index in [-0.39, 0.29) is 0 Å².